The van der Waals surface area contributed by atoms with Crippen molar-refractivity contribution in [1.82, 2.24) is 4.90 Å². The number of thiophene rings is 1. The second kappa shape index (κ2) is 6.43. The molecule has 0 unspecified atom stereocenters. The molecule has 0 spiro atoms. The van der Waals surface area contributed by atoms with Crippen molar-refractivity contribution in [3.63, 3.8) is 0 Å². The first-order chi connectivity index (χ1) is 9.63. The highest BCUT2D eigenvalue weighted by molar-refractivity contribution is 7.12. The lowest BCUT2D eigenvalue weighted by molar-refractivity contribution is 0.0789. The van der Waals surface area contributed by atoms with Gasteiger partial charge in [0.2, 0.25) is 0 Å². The Bertz CT molecular complexity index is 577. The normalized spacial score (nSPS) is 10.2. The van der Waals surface area contributed by atoms with E-state index in [0.29, 0.717) is 11.4 Å². The molecule has 2 rings (SSSR count). The van der Waals surface area contributed by atoms with E-state index >= 15 is 0 Å². The van der Waals surface area contributed by atoms with Crippen LogP contribution in [0.25, 0.3) is 0 Å². The number of methoxy groups -OCH3 is 2. The Labute approximate surface area is 122 Å². The molecule has 0 radical (unpaired) electrons. The highest BCUT2D eigenvalue weighted by Crippen LogP contribution is 2.23. The summed E-state index contributed by atoms with van der Waals surface area (Å²) in [6, 6.07) is 9.45. The number of carbonyl (C=O) groups excluding carboxylic acids is 1. The number of carbonyl (C=O) groups is 1. The average Bonchev–Trinajstić information content (AvgIpc) is 2.96. The van der Waals surface area contributed by atoms with Gasteiger partial charge in [-0.2, -0.15) is 0 Å². The maximum atomic E-state index is 12.3. The Kier molecular flexibility index (Phi) is 4.63. The molecule has 0 saturated carbocycles. The van der Waals surface area contributed by atoms with Crippen molar-refractivity contribution < 1.29 is 14.3 Å². The van der Waals surface area contributed by atoms with Crippen LogP contribution < -0.4 is 9.47 Å². The summed E-state index contributed by atoms with van der Waals surface area (Å²) in [5.41, 5.74) is 1.06. The van der Waals surface area contributed by atoms with Crippen molar-refractivity contribution in [2.45, 2.75) is 6.54 Å². The number of amides is 1. The molecular weight excluding hydrogens is 274 g/mol. The van der Waals surface area contributed by atoms with E-state index in [1.165, 1.54) is 11.3 Å². The van der Waals surface area contributed by atoms with E-state index in [-0.39, 0.29) is 5.91 Å². The summed E-state index contributed by atoms with van der Waals surface area (Å²) in [5.74, 6) is 1.52. The van der Waals surface area contributed by atoms with Crippen molar-refractivity contribution in [2.75, 3.05) is 21.3 Å². The minimum Gasteiger partial charge on any atom is -0.497 e. The fourth-order valence-electron chi connectivity index (χ4n) is 1.80. The first-order valence-corrected chi connectivity index (χ1v) is 7.03. The van der Waals surface area contributed by atoms with E-state index in [4.69, 9.17) is 9.47 Å². The van der Waals surface area contributed by atoms with E-state index in [0.717, 1.165) is 17.1 Å². The summed E-state index contributed by atoms with van der Waals surface area (Å²) in [5, 5.41) is 1.83. The SMILES string of the molecule is COc1ccc(CN(C)C(=O)c2cc(OC)cs2)cc1. The van der Waals surface area contributed by atoms with Crippen LogP contribution in [0, 0.1) is 0 Å². The van der Waals surface area contributed by atoms with Gasteiger partial charge < -0.3 is 14.4 Å². The van der Waals surface area contributed by atoms with E-state index in [9.17, 15) is 4.79 Å². The van der Waals surface area contributed by atoms with Crippen LogP contribution in [0.4, 0.5) is 0 Å². The Hall–Kier alpha value is -2.01. The second-order valence-corrected chi connectivity index (χ2v) is 5.27. The van der Waals surface area contributed by atoms with Gasteiger partial charge in [0.05, 0.1) is 19.1 Å². The Morgan fingerprint density at radius 1 is 1.15 bits per heavy atom. The van der Waals surface area contributed by atoms with Crippen LogP contribution in [0.15, 0.2) is 35.7 Å². The van der Waals surface area contributed by atoms with E-state index in [1.807, 2.05) is 29.6 Å². The van der Waals surface area contributed by atoms with Gasteiger partial charge in [-0.25, -0.2) is 0 Å². The van der Waals surface area contributed by atoms with E-state index in [1.54, 1.807) is 32.2 Å². The molecule has 1 amide bonds. The first-order valence-electron chi connectivity index (χ1n) is 6.15. The Morgan fingerprint density at radius 2 is 1.80 bits per heavy atom. The molecule has 0 saturated heterocycles. The predicted molar refractivity (Wildman–Crippen MR) is 79.7 cm³/mol. The lowest BCUT2D eigenvalue weighted by Crippen LogP contribution is -2.25. The molecule has 0 aliphatic rings. The number of nitrogens with zero attached hydrogens (tertiary/aromatic N) is 1. The highest BCUT2D eigenvalue weighted by atomic mass is 32.1. The minimum absolute atomic E-state index is 0.00545. The second-order valence-electron chi connectivity index (χ2n) is 4.36. The molecule has 1 heterocycles. The van der Waals surface area contributed by atoms with Crippen LogP contribution in [0.1, 0.15) is 15.2 Å². The molecule has 4 nitrogen and oxygen atoms in total. The molecule has 0 atom stereocenters. The van der Waals surface area contributed by atoms with Crippen LogP contribution in [0.2, 0.25) is 0 Å². The maximum Gasteiger partial charge on any atom is 0.264 e. The molecular formula is C15H17NO3S. The zero-order chi connectivity index (χ0) is 14.5. The Balaban J connectivity index is 2.02. The van der Waals surface area contributed by atoms with Crippen LogP contribution in [-0.2, 0) is 6.54 Å². The van der Waals surface area contributed by atoms with Crippen LogP contribution >= 0.6 is 11.3 Å². The van der Waals surface area contributed by atoms with Crippen molar-refractivity contribution >= 4 is 17.2 Å². The third kappa shape index (κ3) is 3.30. The maximum absolute atomic E-state index is 12.3. The average molecular weight is 291 g/mol. The lowest BCUT2D eigenvalue weighted by atomic mass is 10.2. The van der Waals surface area contributed by atoms with Gasteiger partial charge in [-0.05, 0) is 17.7 Å². The van der Waals surface area contributed by atoms with Gasteiger partial charge in [0.15, 0.2) is 0 Å². The van der Waals surface area contributed by atoms with Crippen molar-refractivity contribution in [3.8, 4) is 11.5 Å². The van der Waals surface area contributed by atoms with Gasteiger partial charge in [0, 0.05) is 25.0 Å². The molecule has 0 N–H and O–H groups in total. The van der Waals surface area contributed by atoms with Crippen LogP contribution in [-0.4, -0.2) is 32.1 Å². The smallest absolute Gasteiger partial charge is 0.264 e. The molecule has 0 fully saturated rings. The number of hydrogen-bond acceptors (Lipinski definition) is 4. The van der Waals surface area contributed by atoms with E-state index in [2.05, 4.69) is 0 Å². The van der Waals surface area contributed by atoms with Gasteiger partial charge in [0.25, 0.3) is 5.91 Å². The first kappa shape index (κ1) is 14.4. The zero-order valence-corrected chi connectivity index (χ0v) is 12.6. The topological polar surface area (TPSA) is 38.8 Å². The Morgan fingerprint density at radius 3 is 2.35 bits per heavy atom. The van der Waals surface area contributed by atoms with Crippen molar-refractivity contribution in [1.29, 1.82) is 0 Å². The van der Waals surface area contributed by atoms with Gasteiger partial charge in [-0.1, -0.05) is 12.1 Å². The lowest BCUT2D eigenvalue weighted by Gasteiger charge is -2.16. The molecule has 2 aromatic rings. The summed E-state index contributed by atoms with van der Waals surface area (Å²) in [7, 11) is 5.02. The predicted octanol–water partition coefficient (Wildman–Crippen LogP) is 3.04. The van der Waals surface area contributed by atoms with Crippen LogP contribution in [0.3, 0.4) is 0 Å². The fourth-order valence-corrected chi connectivity index (χ4v) is 2.65. The third-order valence-electron chi connectivity index (χ3n) is 2.95. The number of hydrogen-bond donors (Lipinski definition) is 0. The summed E-state index contributed by atoms with van der Waals surface area (Å²) < 4.78 is 10.2. The number of ether oxygens (including phenoxy) is 2. The van der Waals surface area contributed by atoms with Crippen LogP contribution in [0.5, 0.6) is 11.5 Å². The largest absolute Gasteiger partial charge is 0.497 e. The number of rotatable bonds is 5. The van der Waals surface area contributed by atoms with Gasteiger partial charge >= 0.3 is 0 Å². The number of benzene rings is 1. The van der Waals surface area contributed by atoms with Gasteiger partial charge in [0.1, 0.15) is 11.5 Å². The third-order valence-corrected chi connectivity index (χ3v) is 3.84. The molecule has 0 aliphatic carbocycles. The zero-order valence-electron chi connectivity index (χ0n) is 11.8. The summed E-state index contributed by atoms with van der Waals surface area (Å²) >= 11 is 1.39. The van der Waals surface area contributed by atoms with Crippen molar-refractivity contribution in [2.24, 2.45) is 0 Å². The fraction of sp³-hybridized carbons (Fsp3) is 0.267. The minimum atomic E-state index is -0.00545. The molecule has 106 valence electrons. The molecule has 0 aliphatic heterocycles. The van der Waals surface area contributed by atoms with Crippen molar-refractivity contribution in [3.05, 3.63) is 46.2 Å². The molecule has 1 aromatic heterocycles. The quantitative estimate of drug-likeness (QED) is 0.850. The summed E-state index contributed by atoms with van der Waals surface area (Å²) in [6.45, 7) is 0.559. The molecule has 0 bridgehead atoms. The summed E-state index contributed by atoms with van der Waals surface area (Å²) in [4.78, 5) is 14.6. The molecule has 20 heavy (non-hydrogen) atoms. The standard InChI is InChI=1S/C15H17NO3S/c1-16(9-11-4-6-12(18-2)7-5-11)15(17)14-8-13(19-3)10-20-14/h4-8,10H,9H2,1-3H3. The monoisotopic (exact) mass is 291 g/mol. The molecule has 5 heteroatoms. The van der Waals surface area contributed by atoms with Gasteiger partial charge in [-0.3, -0.25) is 4.79 Å². The molecule has 1 aromatic carbocycles. The highest BCUT2D eigenvalue weighted by Gasteiger charge is 2.14. The summed E-state index contributed by atoms with van der Waals surface area (Å²) in [6.07, 6.45) is 0. The van der Waals surface area contributed by atoms with Gasteiger partial charge in [-0.15, -0.1) is 11.3 Å². The van der Waals surface area contributed by atoms with E-state index < -0.39 is 0 Å².